The lowest BCUT2D eigenvalue weighted by atomic mass is 9.83. The molecule has 29 heavy (non-hydrogen) atoms. The van der Waals surface area contributed by atoms with Crippen molar-refractivity contribution in [1.82, 2.24) is 10.3 Å². The summed E-state index contributed by atoms with van der Waals surface area (Å²) in [6.45, 7) is 1.52. The van der Waals surface area contributed by atoms with Gasteiger partial charge < -0.3 is 10.1 Å². The van der Waals surface area contributed by atoms with Crippen LogP contribution in [0.5, 0.6) is 0 Å². The zero-order valence-electron chi connectivity index (χ0n) is 16.3. The monoisotopic (exact) mass is 409 g/mol. The molecule has 1 N–H and O–H groups in total. The van der Waals surface area contributed by atoms with E-state index in [4.69, 9.17) is 4.74 Å². The van der Waals surface area contributed by atoms with E-state index in [0.717, 1.165) is 24.2 Å². The summed E-state index contributed by atoms with van der Waals surface area (Å²) >= 11 is 1.35. The second-order valence-corrected chi connectivity index (χ2v) is 8.12. The van der Waals surface area contributed by atoms with Crippen LogP contribution in [0.2, 0.25) is 0 Å². The topological polar surface area (TPSA) is 92.1 Å². The van der Waals surface area contributed by atoms with Gasteiger partial charge in [0.2, 0.25) is 0 Å². The van der Waals surface area contributed by atoms with Crippen LogP contribution >= 0.6 is 11.8 Å². The average Bonchev–Trinajstić information content (AvgIpc) is 2.75. The minimum atomic E-state index is -1.01. The number of rotatable bonds is 6. The molecule has 0 aliphatic heterocycles. The molecular formula is C22H23N3O3S. The van der Waals surface area contributed by atoms with Gasteiger partial charge in [-0.3, -0.25) is 4.79 Å². The lowest BCUT2D eigenvalue weighted by Crippen LogP contribution is -2.52. The second kappa shape index (κ2) is 9.57. The molecule has 0 radical (unpaired) electrons. The van der Waals surface area contributed by atoms with Crippen LogP contribution in [0, 0.1) is 11.3 Å². The van der Waals surface area contributed by atoms with Gasteiger partial charge in [-0.25, -0.2) is 9.78 Å². The zero-order valence-corrected chi connectivity index (χ0v) is 17.1. The molecule has 1 aliphatic rings. The fourth-order valence-electron chi connectivity index (χ4n) is 3.26. The van der Waals surface area contributed by atoms with Crippen LogP contribution in [0.15, 0.2) is 58.6 Å². The van der Waals surface area contributed by atoms with Crippen LogP contribution in [0.4, 0.5) is 0 Å². The van der Waals surface area contributed by atoms with Crippen molar-refractivity contribution in [2.45, 2.75) is 60.6 Å². The summed E-state index contributed by atoms with van der Waals surface area (Å²) in [7, 11) is 0. The lowest BCUT2D eigenvalue weighted by Gasteiger charge is -2.32. The summed E-state index contributed by atoms with van der Waals surface area (Å²) in [6, 6.07) is 15.1. The van der Waals surface area contributed by atoms with E-state index in [1.54, 1.807) is 18.3 Å². The first kappa shape index (κ1) is 20.9. The standard InChI is InChI=1S/C22H23N3O3S/c1-16(19(26)25-22(15-23)12-6-3-7-13-22)28-21(27)18-11-8-14-24-20(18)29-17-9-4-2-5-10-17/h2,4-5,8-11,14,16H,3,6-7,12-13H2,1H3,(H,25,26). The van der Waals surface area contributed by atoms with Crippen LogP contribution < -0.4 is 5.32 Å². The maximum absolute atomic E-state index is 12.7. The molecule has 3 rings (SSSR count). The van der Waals surface area contributed by atoms with Gasteiger partial charge in [0.25, 0.3) is 5.91 Å². The number of ether oxygens (including phenoxy) is 1. The van der Waals surface area contributed by atoms with Crippen LogP contribution in [0.25, 0.3) is 0 Å². The molecule has 6 nitrogen and oxygen atoms in total. The normalized spacial score (nSPS) is 16.3. The van der Waals surface area contributed by atoms with E-state index in [1.807, 2.05) is 30.3 Å². The number of benzene rings is 1. The van der Waals surface area contributed by atoms with Crippen molar-refractivity contribution in [2.24, 2.45) is 0 Å². The molecule has 7 heteroatoms. The molecule has 1 atom stereocenters. The molecule has 1 aromatic carbocycles. The van der Waals surface area contributed by atoms with E-state index < -0.39 is 23.5 Å². The van der Waals surface area contributed by atoms with Crippen molar-refractivity contribution in [3.05, 3.63) is 54.2 Å². The van der Waals surface area contributed by atoms with Gasteiger partial charge in [-0.15, -0.1) is 0 Å². The fraction of sp³-hybridized carbons (Fsp3) is 0.364. The van der Waals surface area contributed by atoms with Crippen molar-refractivity contribution in [1.29, 1.82) is 5.26 Å². The Hall–Kier alpha value is -2.85. The van der Waals surface area contributed by atoms with Crippen molar-refractivity contribution in [3.8, 4) is 6.07 Å². The summed E-state index contributed by atoms with van der Waals surface area (Å²) in [6.07, 6.45) is 4.71. The molecule has 1 amide bonds. The molecule has 150 valence electrons. The number of nitriles is 1. The third kappa shape index (κ3) is 5.36. The zero-order chi connectivity index (χ0) is 20.7. The predicted molar refractivity (Wildman–Crippen MR) is 109 cm³/mol. The van der Waals surface area contributed by atoms with E-state index in [-0.39, 0.29) is 0 Å². The number of carbonyl (C=O) groups is 2. The smallest absolute Gasteiger partial charge is 0.341 e. The van der Waals surface area contributed by atoms with Gasteiger partial charge in [-0.2, -0.15) is 5.26 Å². The van der Waals surface area contributed by atoms with Gasteiger partial charge in [0, 0.05) is 11.1 Å². The Bertz CT molecular complexity index is 905. The lowest BCUT2D eigenvalue weighted by molar-refractivity contribution is -0.130. The summed E-state index contributed by atoms with van der Waals surface area (Å²) < 4.78 is 5.39. The van der Waals surface area contributed by atoms with Crippen LogP contribution in [0.1, 0.15) is 49.4 Å². The van der Waals surface area contributed by atoms with Crippen LogP contribution in [-0.2, 0) is 9.53 Å². The molecule has 1 unspecified atom stereocenters. The maximum atomic E-state index is 12.7. The molecule has 2 aromatic rings. The molecule has 0 bridgehead atoms. The van der Waals surface area contributed by atoms with E-state index >= 15 is 0 Å². The molecule has 1 saturated carbocycles. The highest BCUT2D eigenvalue weighted by atomic mass is 32.2. The highest BCUT2D eigenvalue weighted by Gasteiger charge is 2.35. The first-order valence-corrected chi connectivity index (χ1v) is 10.5. The van der Waals surface area contributed by atoms with Crippen molar-refractivity contribution >= 4 is 23.6 Å². The molecule has 1 heterocycles. The molecule has 0 spiro atoms. The largest absolute Gasteiger partial charge is 0.449 e. The van der Waals surface area contributed by atoms with Crippen molar-refractivity contribution < 1.29 is 14.3 Å². The number of aromatic nitrogens is 1. The number of carbonyl (C=O) groups excluding carboxylic acids is 2. The predicted octanol–water partition coefficient (Wildman–Crippen LogP) is 4.12. The number of nitrogens with one attached hydrogen (secondary N) is 1. The Labute approximate surface area is 174 Å². The first-order valence-electron chi connectivity index (χ1n) is 9.65. The Morgan fingerprint density at radius 2 is 1.90 bits per heavy atom. The highest BCUT2D eigenvalue weighted by molar-refractivity contribution is 7.99. The van der Waals surface area contributed by atoms with Gasteiger partial charge in [0.05, 0.1) is 11.6 Å². The number of hydrogen-bond acceptors (Lipinski definition) is 6. The molecule has 1 aliphatic carbocycles. The van der Waals surface area contributed by atoms with E-state index in [9.17, 15) is 14.9 Å². The second-order valence-electron chi connectivity index (χ2n) is 7.06. The van der Waals surface area contributed by atoms with E-state index in [1.165, 1.54) is 18.7 Å². The SMILES string of the molecule is CC(OC(=O)c1cccnc1Sc1ccccc1)C(=O)NC1(C#N)CCCCC1. The van der Waals surface area contributed by atoms with Gasteiger partial charge in [-0.05, 0) is 44.0 Å². The molecular weight excluding hydrogens is 386 g/mol. The average molecular weight is 410 g/mol. The van der Waals surface area contributed by atoms with E-state index in [0.29, 0.717) is 23.4 Å². The summed E-state index contributed by atoms with van der Waals surface area (Å²) in [5.74, 6) is -1.07. The van der Waals surface area contributed by atoms with Crippen LogP contribution in [-0.4, -0.2) is 28.5 Å². The quantitative estimate of drug-likeness (QED) is 0.722. The minimum absolute atomic E-state index is 0.300. The number of nitrogens with zero attached hydrogens (tertiary/aromatic N) is 2. The Balaban J connectivity index is 1.67. The third-order valence-electron chi connectivity index (χ3n) is 4.89. The van der Waals surface area contributed by atoms with E-state index in [2.05, 4.69) is 16.4 Å². The molecule has 1 aromatic heterocycles. The van der Waals surface area contributed by atoms with Gasteiger partial charge in [0.15, 0.2) is 6.10 Å². The van der Waals surface area contributed by atoms with Crippen molar-refractivity contribution in [3.63, 3.8) is 0 Å². The number of pyridine rings is 1. The molecule has 1 fully saturated rings. The van der Waals surface area contributed by atoms with Crippen LogP contribution in [0.3, 0.4) is 0 Å². The summed E-state index contributed by atoms with van der Waals surface area (Å²) in [5.41, 5.74) is -0.563. The van der Waals surface area contributed by atoms with Gasteiger partial charge in [0.1, 0.15) is 10.6 Å². The third-order valence-corrected chi connectivity index (χ3v) is 5.91. The first-order chi connectivity index (χ1) is 14.0. The summed E-state index contributed by atoms with van der Waals surface area (Å²) in [5, 5.41) is 12.8. The summed E-state index contributed by atoms with van der Waals surface area (Å²) in [4.78, 5) is 30.5. The number of amides is 1. The highest BCUT2D eigenvalue weighted by Crippen LogP contribution is 2.29. The Morgan fingerprint density at radius 1 is 1.17 bits per heavy atom. The number of esters is 1. The van der Waals surface area contributed by atoms with Gasteiger partial charge >= 0.3 is 5.97 Å². The number of hydrogen-bond donors (Lipinski definition) is 1. The van der Waals surface area contributed by atoms with Crippen molar-refractivity contribution in [2.75, 3.05) is 0 Å². The fourth-order valence-corrected chi connectivity index (χ4v) is 4.15. The minimum Gasteiger partial charge on any atom is -0.449 e. The Morgan fingerprint density at radius 3 is 2.59 bits per heavy atom. The van der Waals surface area contributed by atoms with Gasteiger partial charge in [-0.1, -0.05) is 49.2 Å². The molecule has 0 saturated heterocycles. The maximum Gasteiger partial charge on any atom is 0.341 e. The Kier molecular flexibility index (Phi) is 6.89.